The number of hydroxylamine groups is 2. The van der Waals surface area contributed by atoms with Gasteiger partial charge >= 0.3 is 0 Å². The van der Waals surface area contributed by atoms with Crippen molar-refractivity contribution in [3.05, 3.63) is 95.6 Å². The van der Waals surface area contributed by atoms with Gasteiger partial charge < -0.3 is 9.47 Å². The van der Waals surface area contributed by atoms with Crippen LogP contribution >= 0.6 is 0 Å². The van der Waals surface area contributed by atoms with Crippen LogP contribution in [0.3, 0.4) is 0 Å². The molecule has 0 spiro atoms. The van der Waals surface area contributed by atoms with E-state index in [0.717, 1.165) is 22.4 Å². The van der Waals surface area contributed by atoms with Crippen molar-refractivity contribution >= 4 is 10.0 Å². The highest BCUT2D eigenvalue weighted by Crippen LogP contribution is 2.34. The van der Waals surface area contributed by atoms with Gasteiger partial charge in [-0.3, -0.25) is 4.84 Å². The van der Waals surface area contributed by atoms with Crippen LogP contribution < -0.4 is 14.2 Å². The van der Waals surface area contributed by atoms with Gasteiger partial charge in [0.15, 0.2) is 0 Å². The highest BCUT2D eigenvalue weighted by molar-refractivity contribution is 7.90. The van der Waals surface area contributed by atoms with Crippen molar-refractivity contribution in [2.75, 3.05) is 27.3 Å². The van der Waals surface area contributed by atoms with E-state index in [1.165, 1.54) is 0 Å². The van der Waals surface area contributed by atoms with Crippen molar-refractivity contribution < 1.29 is 22.7 Å². The predicted molar refractivity (Wildman–Crippen MR) is 131 cm³/mol. The van der Waals surface area contributed by atoms with E-state index >= 15 is 0 Å². The van der Waals surface area contributed by atoms with Crippen LogP contribution in [0.5, 0.6) is 11.5 Å². The van der Waals surface area contributed by atoms with E-state index < -0.39 is 21.3 Å². The number of hydrogen-bond acceptors (Lipinski definition) is 6. The molecule has 0 unspecified atom stereocenters. The van der Waals surface area contributed by atoms with E-state index in [2.05, 4.69) is 4.72 Å². The number of para-hydroxylation sites is 1. The van der Waals surface area contributed by atoms with Crippen LogP contribution in [0.1, 0.15) is 22.7 Å². The zero-order valence-electron chi connectivity index (χ0n) is 19.4. The summed E-state index contributed by atoms with van der Waals surface area (Å²) in [7, 11) is -0.282. The third kappa shape index (κ3) is 5.77. The van der Waals surface area contributed by atoms with Gasteiger partial charge in [0, 0.05) is 13.6 Å². The molecule has 1 fully saturated rings. The molecule has 0 saturated carbocycles. The van der Waals surface area contributed by atoms with E-state index in [1.54, 1.807) is 19.2 Å². The second-order valence-electron chi connectivity index (χ2n) is 8.17. The Hall–Kier alpha value is -2.91. The SMILES string of the molecule is COc1ccccc1CCNS(=O)(=O)[C@@H]1CON(C)[C@H]1c1cccc(OCc2ccccc2)c1. The summed E-state index contributed by atoms with van der Waals surface area (Å²) in [6.07, 6.45) is 0.528. The highest BCUT2D eigenvalue weighted by atomic mass is 32.2. The summed E-state index contributed by atoms with van der Waals surface area (Å²) in [5.74, 6) is 1.43. The fourth-order valence-corrected chi connectivity index (χ4v) is 5.66. The number of benzene rings is 3. The Bertz CT molecular complexity index is 1190. The fourth-order valence-electron chi connectivity index (χ4n) is 4.15. The lowest BCUT2D eigenvalue weighted by Crippen LogP contribution is -2.40. The molecule has 8 heteroatoms. The molecule has 7 nitrogen and oxygen atoms in total. The Kier molecular flexibility index (Phi) is 7.84. The predicted octanol–water partition coefficient (Wildman–Crippen LogP) is 3.72. The van der Waals surface area contributed by atoms with Crippen molar-refractivity contribution in [3.8, 4) is 11.5 Å². The Morgan fingerprint density at radius 3 is 2.59 bits per heavy atom. The van der Waals surface area contributed by atoms with Crippen LogP contribution in [-0.4, -0.2) is 46.0 Å². The van der Waals surface area contributed by atoms with Crippen molar-refractivity contribution in [1.29, 1.82) is 0 Å². The monoisotopic (exact) mass is 482 g/mol. The van der Waals surface area contributed by atoms with Gasteiger partial charge in [-0.15, -0.1) is 0 Å². The molecule has 0 aromatic heterocycles. The summed E-state index contributed by atoms with van der Waals surface area (Å²) in [5, 5.41) is 0.861. The maximum absolute atomic E-state index is 13.2. The van der Waals surface area contributed by atoms with Crippen LogP contribution in [0.2, 0.25) is 0 Å². The van der Waals surface area contributed by atoms with Gasteiger partial charge in [-0.25, -0.2) is 13.1 Å². The zero-order chi connectivity index (χ0) is 24.0. The van der Waals surface area contributed by atoms with Crippen LogP contribution in [-0.2, 0) is 27.9 Å². The molecule has 1 aliphatic rings. The molecular weight excluding hydrogens is 452 g/mol. The van der Waals surface area contributed by atoms with Gasteiger partial charge in [-0.05, 0) is 41.3 Å². The molecule has 1 aliphatic heterocycles. The maximum Gasteiger partial charge on any atom is 0.218 e. The molecule has 0 amide bonds. The second kappa shape index (κ2) is 11.0. The first kappa shape index (κ1) is 24.2. The summed E-state index contributed by atoms with van der Waals surface area (Å²) >= 11 is 0. The lowest BCUT2D eigenvalue weighted by atomic mass is 10.0. The number of hydrogen-bond donors (Lipinski definition) is 1. The van der Waals surface area contributed by atoms with Gasteiger partial charge in [0.25, 0.3) is 0 Å². The summed E-state index contributed by atoms with van der Waals surface area (Å²) in [4.78, 5) is 5.64. The van der Waals surface area contributed by atoms with Crippen molar-refractivity contribution in [2.24, 2.45) is 0 Å². The quantitative estimate of drug-likeness (QED) is 0.475. The Labute approximate surface area is 201 Å². The number of ether oxygens (including phenoxy) is 2. The molecular formula is C26H30N2O5S. The molecule has 0 radical (unpaired) electrons. The normalized spacial score (nSPS) is 18.6. The maximum atomic E-state index is 13.2. The molecule has 0 bridgehead atoms. The van der Waals surface area contributed by atoms with Crippen molar-refractivity contribution in [1.82, 2.24) is 9.79 Å². The molecule has 4 rings (SSSR count). The van der Waals surface area contributed by atoms with Gasteiger partial charge in [0.05, 0.1) is 19.8 Å². The van der Waals surface area contributed by atoms with Gasteiger partial charge in [-0.2, -0.15) is 5.06 Å². The lowest BCUT2D eigenvalue weighted by Gasteiger charge is -2.23. The van der Waals surface area contributed by atoms with Gasteiger partial charge in [0.1, 0.15) is 23.4 Å². The van der Waals surface area contributed by atoms with Crippen LogP contribution in [0.15, 0.2) is 78.9 Å². The van der Waals surface area contributed by atoms with E-state index in [-0.39, 0.29) is 13.2 Å². The van der Waals surface area contributed by atoms with E-state index in [4.69, 9.17) is 14.3 Å². The molecule has 1 N–H and O–H groups in total. The van der Waals surface area contributed by atoms with E-state index in [0.29, 0.717) is 18.8 Å². The smallest absolute Gasteiger partial charge is 0.218 e. The van der Waals surface area contributed by atoms with E-state index in [1.807, 2.05) is 78.9 Å². The Morgan fingerprint density at radius 1 is 1.03 bits per heavy atom. The standard InChI is InChI=1S/C26H30N2O5S/c1-28-26(22-12-8-13-23(17-22)32-18-20-9-4-3-5-10-20)25(19-33-28)34(29,30)27-16-15-21-11-6-7-14-24(21)31-2/h3-14,17,25-27H,15-16,18-19H2,1-2H3/t25-,26+/m1/s1. The third-order valence-corrected chi connectivity index (χ3v) is 7.72. The molecule has 34 heavy (non-hydrogen) atoms. The van der Waals surface area contributed by atoms with Crippen molar-refractivity contribution in [3.63, 3.8) is 0 Å². The first-order valence-corrected chi connectivity index (χ1v) is 12.8. The van der Waals surface area contributed by atoms with Crippen LogP contribution in [0.25, 0.3) is 0 Å². The summed E-state index contributed by atoms with van der Waals surface area (Å²) < 4.78 is 40.5. The Balaban J connectivity index is 1.44. The van der Waals surface area contributed by atoms with Gasteiger partial charge in [-0.1, -0.05) is 60.7 Å². The van der Waals surface area contributed by atoms with Crippen molar-refractivity contribution in [2.45, 2.75) is 24.3 Å². The van der Waals surface area contributed by atoms with Crippen LogP contribution in [0, 0.1) is 0 Å². The minimum absolute atomic E-state index is 0.0836. The molecule has 3 aromatic rings. The number of nitrogens with zero attached hydrogens (tertiary/aromatic N) is 1. The minimum atomic E-state index is -3.65. The minimum Gasteiger partial charge on any atom is -0.496 e. The first-order valence-electron chi connectivity index (χ1n) is 11.2. The number of sulfonamides is 1. The second-order valence-corrected chi connectivity index (χ2v) is 10.2. The number of nitrogens with one attached hydrogen (secondary N) is 1. The van der Waals surface area contributed by atoms with Gasteiger partial charge in [0.2, 0.25) is 10.0 Å². The summed E-state index contributed by atoms with van der Waals surface area (Å²) in [6.45, 7) is 0.795. The lowest BCUT2D eigenvalue weighted by molar-refractivity contribution is -0.110. The molecule has 1 saturated heterocycles. The summed E-state index contributed by atoms with van der Waals surface area (Å²) in [6, 6.07) is 24.6. The zero-order valence-corrected chi connectivity index (χ0v) is 20.2. The van der Waals surface area contributed by atoms with Crippen LogP contribution in [0.4, 0.5) is 0 Å². The number of methoxy groups -OCH3 is 1. The highest BCUT2D eigenvalue weighted by Gasteiger charge is 2.43. The molecule has 0 aliphatic carbocycles. The molecule has 3 aromatic carbocycles. The third-order valence-electron chi connectivity index (χ3n) is 5.92. The fraction of sp³-hybridized carbons (Fsp3) is 0.308. The summed E-state index contributed by atoms with van der Waals surface area (Å²) in [5.41, 5.74) is 2.84. The number of rotatable bonds is 10. The molecule has 2 atom stereocenters. The topological polar surface area (TPSA) is 77.1 Å². The molecule has 180 valence electrons. The first-order chi connectivity index (χ1) is 16.5. The Morgan fingerprint density at radius 2 is 1.79 bits per heavy atom. The average molecular weight is 483 g/mol. The van der Waals surface area contributed by atoms with E-state index in [9.17, 15) is 8.42 Å². The molecule has 1 heterocycles. The largest absolute Gasteiger partial charge is 0.496 e. The average Bonchev–Trinajstić information content (AvgIpc) is 3.26.